The standard InChI is InChI=1S/C20H21ClN2O2/c1-13-4-7-19(25-3)17(10-13)14(2)22-20(24)12-23-9-8-15-5-6-16(21)11-18(15)23/h4-11,14H,12H2,1-3H3,(H,22,24). The Morgan fingerprint density at radius 2 is 2.04 bits per heavy atom. The Labute approximate surface area is 152 Å². The summed E-state index contributed by atoms with van der Waals surface area (Å²) in [6.07, 6.45) is 1.90. The molecule has 1 unspecified atom stereocenters. The molecule has 2 aromatic carbocycles. The van der Waals surface area contributed by atoms with E-state index in [4.69, 9.17) is 16.3 Å². The van der Waals surface area contributed by atoms with Crippen molar-refractivity contribution in [2.24, 2.45) is 0 Å². The molecule has 0 aliphatic heterocycles. The van der Waals surface area contributed by atoms with Gasteiger partial charge >= 0.3 is 0 Å². The number of benzene rings is 2. The van der Waals surface area contributed by atoms with Crippen LogP contribution in [0.1, 0.15) is 24.1 Å². The number of carbonyl (C=O) groups excluding carboxylic acids is 1. The number of ether oxygens (including phenoxy) is 1. The number of carbonyl (C=O) groups is 1. The molecule has 4 nitrogen and oxygen atoms in total. The Kier molecular flexibility index (Phi) is 5.00. The van der Waals surface area contributed by atoms with E-state index in [1.165, 1.54) is 0 Å². The molecule has 1 heterocycles. The first-order valence-corrected chi connectivity index (χ1v) is 8.54. The van der Waals surface area contributed by atoms with Crippen molar-refractivity contribution in [1.82, 2.24) is 9.88 Å². The fourth-order valence-electron chi connectivity index (χ4n) is 3.01. The molecule has 1 atom stereocenters. The van der Waals surface area contributed by atoms with Gasteiger partial charge < -0.3 is 14.6 Å². The van der Waals surface area contributed by atoms with Crippen LogP contribution < -0.4 is 10.1 Å². The highest BCUT2D eigenvalue weighted by Crippen LogP contribution is 2.26. The van der Waals surface area contributed by atoms with Gasteiger partial charge in [-0.3, -0.25) is 4.79 Å². The van der Waals surface area contributed by atoms with Crippen LogP contribution in [0.3, 0.4) is 0 Å². The van der Waals surface area contributed by atoms with E-state index < -0.39 is 0 Å². The van der Waals surface area contributed by atoms with Crippen LogP contribution in [0, 0.1) is 6.92 Å². The highest BCUT2D eigenvalue weighted by atomic mass is 35.5. The third kappa shape index (κ3) is 3.80. The maximum absolute atomic E-state index is 12.5. The molecule has 0 aliphatic rings. The molecule has 0 saturated carbocycles. The molecular formula is C20H21ClN2O2. The lowest BCUT2D eigenvalue weighted by atomic mass is 10.0. The summed E-state index contributed by atoms with van der Waals surface area (Å²) in [6.45, 7) is 4.22. The zero-order valence-electron chi connectivity index (χ0n) is 14.5. The first kappa shape index (κ1) is 17.4. The first-order valence-electron chi connectivity index (χ1n) is 8.16. The number of rotatable bonds is 5. The Bertz CT molecular complexity index is 917. The molecule has 0 spiro atoms. The summed E-state index contributed by atoms with van der Waals surface area (Å²) in [7, 11) is 1.64. The number of amides is 1. The number of nitrogens with one attached hydrogen (secondary N) is 1. The van der Waals surface area contributed by atoms with E-state index in [1.807, 2.05) is 67.1 Å². The molecule has 0 aliphatic carbocycles. The Balaban J connectivity index is 1.76. The molecule has 0 fully saturated rings. The highest BCUT2D eigenvalue weighted by Gasteiger charge is 2.15. The van der Waals surface area contributed by atoms with Crippen molar-refractivity contribution in [3.8, 4) is 5.75 Å². The molecule has 1 N–H and O–H groups in total. The Hall–Kier alpha value is -2.46. The van der Waals surface area contributed by atoms with Gasteiger partial charge in [-0.2, -0.15) is 0 Å². The highest BCUT2D eigenvalue weighted by molar-refractivity contribution is 6.31. The second-order valence-corrected chi connectivity index (χ2v) is 6.62. The van der Waals surface area contributed by atoms with Crippen molar-refractivity contribution in [3.05, 3.63) is 64.8 Å². The fraction of sp³-hybridized carbons (Fsp3) is 0.250. The van der Waals surface area contributed by atoms with Crippen molar-refractivity contribution < 1.29 is 9.53 Å². The molecule has 1 aromatic heterocycles. The minimum Gasteiger partial charge on any atom is -0.496 e. The number of nitrogens with zero attached hydrogens (tertiary/aromatic N) is 1. The lowest BCUT2D eigenvalue weighted by Crippen LogP contribution is -2.30. The van der Waals surface area contributed by atoms with Gasteiger partial charge in [0, 0.05) is 22.3 Å². The summed E-state index contributed by atoms with van der Waals surface area (Å²) >= 11 is 6.07. The van der Waals surface area contributed by atoms with Gasteiger partial charge in [-0.1, -0.05) is 35.4 Å². The largest absolute Gasteiger partial charge is 0.496 e. The summed E-state index contributed by atoms with van der Waals surface area (Å²) in [4.78, 5) is 12.5. The zero-order valence-corrected chi connectivity index (χ0v) is 15.3. The molecule has 0 bridgehead atoms. The van der Waals surface area contributed by atoms with Gasteiger partial charge in [0.25, 0.3) is 0 Å². The maximum Gasteiger partial charge on any atom is 0.240 e. The number of halogens is 1. The SMILES string of the molecule is COc1ccc(C)cc1C(C)NC(=O)Cn1ccc2ccc(Cl)cc21. The van der Waals surface area contributed by atoms with Crippen LogP contribution in [-0.4, -0.2) is 17.6 Å². The van der Waals surface area contributed by atoms with Gasteiger partial charge in [-0.15, -0.1) is 0 Å². The number of hydrogen-bond donors (Lipinski definition) is 1. The molecule has 3 aromatic rings. The topological polar surface area (TPSA) is 43.3 Å². The van der Waals surface area contributed by atoms with Crippen LogP contribution in [0.2, 0.25) is 5.02 Å². The summed E-state index contributed by atoms with van der Waals surface area (Å²) in [5, 5.41) is 4.76. The monoisotopic (exact) mass is 356 g/mol. The van der Waals surface area contributed by atoms with Gasteiger partial charge in [-0.05, 0) is 43.5 Å². The van der Waals surface area contributed by atoms with Crippen molar-refractivity contribution in [1.29, 1.82) is 0 Å². The first-order chi connectivity index (χ1) is 12.0. The number of hydrogen-bond acceptors (Lipinski definition) is 2. The minimum atomic E-state index is -0.146. The van der Waals surface area contributed by atoms with Crippen LogP contribution in [0.25, 0.3) is 10.9 Å². The summed E-state index contributed by atoms with van der Waals surface area (Å²) in [5.74, 6) is 0.713. The minimum absolute atomic E-state index is 0.0615. The van der Waals surface area contributed by atoms with Crippen LogP contribution >= 0.6 is 11.6 Å². The molecule has 1 amide bonds. The van der Waals surface area contributed by atoms with Crippen LogP contribution in [-0.2, 0) is 11.3 Å². The zero-order chi connectivity index (χ0) is 18.0. The van der Waals surface area contributed by atoms with Gasteiger partial charge in [-0.25, -0.2) is 0 Å². The lowest BCUT2D eigenvalue weighted by molar-refractivity contribution is -0.122. The van der Waals surface area contributed by atoms with E-state index in [1.54, 1.807) is 7.11 Å². The molecule has 3 rings (SSSR count). The number of aromatic nitrogens is 1. The smallest absolute Gasteiger partial charge is 0.240 e. The number of fused-ring (bicyclic) bond motifs is 1. The molecule has 25 heavy (non-hydrogen) atoms. The molecular weight excluding hydrogens is 336 g/mol. The van der Waals surface area contributed by atoms with E-state index in [-0.39, 0.29) is 18.5 Å². The Morgan fingerprint density at radius 3 is 2.80 bits per heavy atom. The van der Waals surface area contributed by atoms with Gasteiger partial charge in [0.15, 0.2) is 0 Å². The predicted octanol–water partition coefficient (Wildman–Crippen LogP) is 4.49. The van der Waals surface area contributed by atoms with Crippen molar-refractivity contribution in [2.75, 3.05) is 7.11 Å². The van der Waals surface area contributed by atoms with Gasteiger partial charge in [0.2, 0.25) is 5.91 Å². The number of methoxy groups -OCH3 is 1. The third-order valence-electron chi connectivity index (χ3n) is 4.28. The summed E-state index contributed by atoms with van der Waals surface area (Å²) < 4.78 is 7.31. The van der Waals surface area contributed by atoms with Crippen LogP contribution in [0.5, 0.6) is 5.75 Å². The van der Waals surface area contributed by atoms with Crippen LogP contribution in [0.15, 0.2) is 48.7 Å². The normalized spacial score (nSPS) is 12.2. The maximum atomic E-state index is 12.5. The quantitative estimate of drug-likeness (QED) is 0.732. The summed E-state index contributed by atoms with van der Waals surface area (Å²) in [6, 6.07) is 13.5. The average molecular weight is 357 g/mol. The molecule has 130 valence electrons. The van der Waals surface area contributed by atoms with E-state index >= 15 is 0 Å². The van der Waals surface area contributed by atoms with Crippen molar-refractivity contribution >= 4 is 28.4 Å². The third-order valence-corrected chi connectivity index (χ3v) is 4.51. The van der Waals surface area contributed by atoms with E-state index in [0.717, 1.165) is 27.8 Å². The second-order valence-electron chi connectivity index (χ2n) is 6.18. The second kappa shape index (κ2) is 7.19. The van der Waals surface area contributed by atoms with Crippen molar-refractivity contribution in [2.45, 2.75) is 26.4 Å². The van der Waals surface area contributed by atoms with Crippen LogP contribution in [0.4, 0.5) is 0 Å². The Morgan fingerprint density at radius 1 is 1.24 bits per heavy atom. The molecule has 0 radical (unpaired) electrons. The number of aryl methyl sites for hydroxylation is 1. The summed E-state index contributed by atoms with van der Waals surface area (Å²) in [5.41, 5.74) is 3.04. The van der Waals surface area contributed by atoms with E-state index in [9.17, 15) is 4.79 Å². The van der Waals surface area contributed by atoms with E-state index in [2.05, 4.69) is 5.32 Å². The average Bonchev–Trinajstić information content (AvgIpc) is 2.96. The van der Waals surface area contributed by atoms with E-state index in [0.29, 0.717) is 5.02 Å². The molecule has 5 heteroatoms. The van der Waals surface area contributed by atoms with Gasteiger partial charge in [0.05, 0.1) is 13.2 Å². The fourth-order valence-corrected chi connectivity index (χ4v) is 3.17. The lowest BCUT2D eigenvalue weighted by Gasteiger charge is -2.18. The van der Waals surface area contributed by atoms with Gasteiger partial charge in [0.1, 0.15) is 12.3 Å². The molecule has 0 saturated heterocycles. The van der Waals surface area contributed by atoms with Crippen molar-refractivity contribution in [3.63, 3.8) is 0 Å². The predicted molar refractivity (Wildman–Crippen MR) is 101 cm³/mol.